The summed E-state index contributed by atoms with van der Waals surface area (Å²) in [5.41, 5.74) is 1.91. The molecule has 1 atom stereocenters. The molecule has 1 N–H and O–H groups in total. The molecule has 70 valence electrons. The molecule has 1 nitrogen and oxygen atoms in total. The summed E-state index contributed by atoms with van der Waals surface area (Å²) in [6.07, 6.45) is 0. The highest BCUT2D eigenvalue weighted by Crippen LogP contribution is 2.27. The van der Waals surface area contributed by atoms with Gasteiger partial charge >= 0.3 is 0 Å². The first-order chi connectivity index (χ1) is 5.94. The minimum Gasteiger partial charge on any atom is -0.381 e. The first-order valence-electron chi connectivity index (χ1n) is 4.40. The molecule has 0 amide bonds. The smallest absolute Gasteiger partial charge is 0.107 e. The van der Waals surface area contributed by atoms with Crippen molar-refractivity contribution >= 4 is 0 Å². The molecular weight excluding hydrogens is 160 g/mol. The summed E-state index contributed by atoms with van der Waals surface area (Å²) in [6.45, 7) is 9.40. The summed E-state index contributed by atoms with van der Waals surface area (Å²) in [5, 5.41) is 10.1. The van der Waals surface area contributed by atoms with E-state index in [1.165, 1.54) is 0 Å². The Balaban J connectivity index is 3.14. The van der Waals surface area contributed by atoms with E-state index in [1.807, 2.05) is 38.1 Å². The average Bonchev–Trinajstić information content (AvgIpc) is 2.04. The van der Waals surface area contributed by atoms with E-state index in [-0.39, 0.29) is 0 Å². The molecule has 0 saturated carbocycles. The Morgan fingerprint density at radius 1 is 1.46 bits per heavy atom. The molecule has 0 saturated heterocycles. The zero-order chi connectivity index (χ0) is 10.1. The van der Waals surface area contributed by atoms with E-state index < -0.39 is 5.60 Å². The van der Waals surface area contributed by atoms with Crippen molar-refractivity contribution in [1.82, 2.24) is 0 Å². The first kappa shape index (κ1) is 10.0. The fourth-order valence-corrected chi connectivity index (χ4v) is 1.19. The summed E-state index contributed by atoms with van der Waals surface area (Å²) in [4.78, 5) is 0. The highest BCUT2D eigenvalue weighted by atomic mass is 16.3. The van der Waals surface area contributed by atoms with E-state index in [9.17, 15) is 5.11 Å². The van der Waals surface area contributed by atoms with Crippen molar-refractivity contribution in [2.75, 3.05) is 0 Å². The van der Waals surface area contributed by atoms with Crippen LogP contribution in [0.15, 0.2) is 36.4 Å². The Bertz CT molecular complexity index is 324. The molecule has 0 aliphatic rings. The maximum atomic E-state index is 10.1. The van der Waals surface area contributed by atoms with Crippen LogP contribution in [0.25, 0.3) is 0 Å². The van der Waals surface area contributed by atoms with Gasteiger partial charge in [-0.2, -0.15) is 0 Å². The standard InChI is InChI=1S/C12H16O/c1-9(2)12(4,13)11-7-5-6-10(3)8-11/h5-8,13H,1H2,2-4H3. The Hall–Kier alpha value is -1.08. The average molecular weight is 176 g/mol. The predicted octanol–water partition coefficient (Wildman–Crippen LogP) is 2.78. The molecule has 0 aliphatic heterocycles. The quantitative estimate of drug-likeness (QED) is 0.687. The molecule has 0 aromatic heterocycles. The summed E-state index contributed by atoms with van der Waals surface area (Å²) in [5.74, 6) is 0. The van der Waals surface area contributed by atoms with Gasteiger partial charge in [-0.15, -0.1) is 0 Å². The molecule has 0 bridgehead atoms. The second-order valence-electron chi connectivity index (χ2n) is 3.72. The number of aliphatic hydroxyl groups is 1. The first-order valence-corrected chi connectivity index (χ1v) is 4.40. The van der Waals surface area contributed by atoms with Crippen LogP contribution >= 0.6 is 0 Å². The molecule has 1 aromatic carbocycles. The lowest BCUT2D eigenvalue weighted by Gasteiger charge is -2.24. The van der Waals surface area contributed by atoms with Crippen LogP contribution < -0.4 is 0 Å². The van der Waals surface area contributed by atoms with E-state index in [0.29, 0.717) is 0 Å². The number of benzene rings is 1. The second kappa shape index (κ2) is 3.35. The van der Waals surface area contributed by atoms with Crippen LogP contribution in [0.4, 0.5) is 0 Å². The van der Waals surface area contributed by atoms with Crippen molar-refractivity contribution in [2.45, 2.75) is 26.4 Å². The number of hydrogen-bond donors (Lipinski definition) is 1. The molecule has 0 radical (unpaired) electrons. The molecule has 1 aromatic rings. The van der Waals surface area contributed by atoms with Crippen molar-refractivity contribution in [3.05, 3.63) is 47.5 Å². The largest absolute Gasteiger partial charge is 0.381 e. The Kier molecular flexibility index (Phi) is 2.58. The van der Waals surface area contributed by atoms with Crippen molar-refractivity contribution in [2.24, 2.45) is 0 Å². The fraction of sp³-hybridized carbons (Fsp3) is 0.333. The molecular formula is C12H16O. The van der Waals surface area contributed by atoms with Crippen molar-refractivity contribution in [3.63, 3.8) is 0 Å². The second-order valence-corrected chi connectivity index (χ2v) is 3.72. The molecule has 1 rings (SSSR count). The van der Waals surface area contributed by atoms with Crippen LogP contribution in [0.1, 0.15) is 25.0 Å². The zero-order valence-corrected chi connectivity index (χ0v) is 8.46. The van der Waals surface area contributed by atoms with Gasteiger partial charge in [0.25, 0.3) is 0 Å². The fourth-order valence-electron chi connectivity index (χ4n) is 1.19. The van der Waals surface area contributed by atoms with Gasteiger partial charge in [0.05, 0.1) is 0 Å². The van der Waals surface area contributed by atoms with E-state index in [1.54, 1.807) is 6.92 Å². The number of aryl methyl sites for hydroxylation is 1. The molecule has 0 spiro atoms. The molecule has 1 unspecified atom stereocenters. The van der Waals surface area contributed by atoms with Crippen molar-refractivity contribution < 1.29 is 5.11 Å². The van der Waals surface area contributed by atoms with E-state index >= 15 is 0 Å². The normalized spacial score (nSPS) is 15.1. The molecule has 13 heavy (non-hydrogen) atoms. The van der Waals surface area contributed by atoms with Crippen LogP contribution in [0, 0.1) is 6.92 Å². The third-order valence-corrected chi connectivity index (χ3v) is 2.41. The van der Waals surface area contributed by atoms with Gasteiger partial charge < -0.3 is 5.11 Å². The van der Waals surface area contributed by atoms with E-state index in [0.717, 1.165) is 16.7 Å². The van der Waals surface area contributed by atoms with Gasteiger partial charge in [-0.05, 0) is 31.9 Å². The van der Waals surface area contributed by atoms with Crippen LogP contribution in [0.3, 0.4) is 0 Å². The lowest BCUT2D eigenvalue weighted by Crippen LogP contribution is -2.21. The lowest BCUT2D eigenvalue weighted by molar-refractivity contribution is 0.0980. The number of hydrogen-bond acceptors (Lipinski definition) is 1. The summed E-state index contributed by atoms with van der Waals surface area (Å²) >= 11 is 0. The monoisotopic (exact) mass is 176 g/mol. The van der Waals surface area contributed by atoms with Gasteiger partial charge in [0.1, 0.15) is 5.60 Å². The Morgan fingerprint density at radius 2 is 2.08 bits per heavy atom. The molecule has 0 fully saturated rings. The van der Waals surface area contributed by atoms with E-state index in [4.69, 9.17) is 0 Å². The van der Waals surface area contributed by atoms with Gasteiger partial charge in [-0.1, -0.05) is 36.4 Å². The summed E-state index contributed by atoms with van der Waals surface area (Å²) < 4.78 is 0. The van der Waals surface area contributed by atoms with Gasteiger partial charge in [0.2, 0.25) is 0 Å². The third-order valence-electron chi connectivity index (χ3n) is 2.41. The van der Waals surface area contributed by atoms with Crippen LogP contribution in [0.5, 0.6) is 0 Å². The van der Waals surface area contributed by atoms with Crippen LogP contribution in [-0.2, 0) is 5.60 Å². The molecule has 0 aliphatic carbocycles. The topological polar surface area (TPSA) is 20.2 Å². The number of rotatable bonds is 2. The Labute approximate surface area is 79.7 Å². The minimum atomic E-state index is -0.911. The lowest BCUT2D eigenvalue weighted by atomic mass is 9.89. The van der Waals surface area contributed by atoms with Gasteiger partial charge in [0, 0.05) is 0 Å². The maximum absolute atomic E-state index is 10.1. The zero-order valence-electron chi connectivity index (χ0n) is 8.46. The predicted molar refractivity (Wildman–Crippen MR) is 55.6 cm³/mol. The minimum absolute atomic E-state index is 0.762. The van der Waals surface area contributed by atoms with Crippen molar-refractivity contribution in [1.29, 1.82) is 0 Å². The molecule has 0 heterocycles. The van der Waals surface area contributed by atoms with Crippen LogP contribution in [0.2, 0.25) is 0 Å². The molecule has 1 heteroatoms. The SMILES string of the molecule is C=C(C)C(C)(O)c1cccc(C)c1. The highest BCUT2D eigenvalue weighted by Gasteiger charge is 2.23. The maximum Gasteiger partial charge on any atom is 0.107 e. The Morgan fingerprint density at radius 3 is 2.54 bits per heavy atom. The van der Waals surface area contributed by atoms with Crippen LogP contribution in [-0.4, -0.2) is 5.11 Å². The highest BCUT2D eigenvalue weighted by molar-refractivity contribution is 5.32. The van der Waals surface area contributed by atoms with Crippen molar-refractivity contribution in [3.8, 4) is 0 Å². The van der Waals surface area contributed by atoms with Gasteiger partial charge in [-0.3, -0.25) is 0 Å². The van der Waals surface area contributed by atoms with E-state index in [2.05, 4.69) is 6.58 Å². The third kappa shape index (κ3) is 1.99. The summed E-state index contributed by atoms with van der Waals surface area (Å²) in [6, 6.07) is 7.86. The summed E-state index contributed by atoms with van der Waals surface area (Å²) in [7, 11) is 0. The van der Waals surface area contributed by atoms with Gasteiger partial charge in [0.15, 0.2) is 0 Å². The van der Waals surface area contributed by atoms with Gasteiger partial charge in [-0.25, -0.2) is 0 Å².